The molecule has 0 bridgehead atoms. The molecule has 1 aromatic carbocycles. The zero-order valence-corrected chi connectivity index (χ0v) is 12.0. The molecule has 7 heteroatoms. The van der Waals surface area contributed by atoms with E-state index in [1.54, 1.807) is 6.92 Å². The smallest absolute Gasteiger partial charge is 0.309 e. The summed E-state index contributed by atoms with van der Waals surface area (Å²) in [5.74, 6) is -2.27. The van der Waals surface area contributed by atoms with E-state index in [0.29, 0.717) is 0 Å². The second kappa shape index (κ2) is 7.14. The van der Waals surface area contributed by atoms with E-state index in [-0.39, 0.29) is 22.6 Å². The maximum atomic E-state index is 13.6. The van der Waals surface area contributed by atoms with Gasteiger partial charge < -0.3 is 10.5 Å². The van der Waals surface area contributed by atoms with Crippen LogP contribution in [0.4, 0.5) is 4.39 Å². The maximum absolute atomic E-state index is 13.6. The maximum Gasteiger partial charge on any atom is 0.309 e. The molecule has 0 saturated heterocycles. The molecule has 2 N–H and O–H groups in total. The number of carbonyl (C=O) groups is 2. The van der Waals surface area contributed by atoms with Gasteiger partial charge in [-0.05, 0) is 18.2 Å². The molecule has 2 atom stereocenters. The predicted molar refractivity (Wildman–Crippen MR) is 72.8 cm³/mol. The summed E-state index contributed by atoms with van der Waals surface area (Å²) in [6, 6.07) is 3.65. The van der Waals surface area contributed by atoms with Crippen molar-refractivity contribution >= 4 is 22.7 Å². The summed E-state index contributed by atoms with van der Waals surface area (Å²) in [5.41, 5.74) is 5.39. The largest absolute Gasteiger partial charge is 0.469 e. The molecule has 1 amide bonds. The van der Waals surface area contributed by atoms with Gasteiger partial charge in [-0.25, -0.2) is 4.39 Å². The average Bonchev–Trinajstić information content (AvgIpc) is 2.39. The first kappa shape index (κ1) is 16.3. The first-order chi connectivity index (χ1) is 9.35. The molecule has 110 valence electrons. The summed E-state index contributed by atoms with van der Waals surface area (Å²) in [6.07, 6.45) is 0. The van der Waals surface area contributed by atoms with Crippen molar-refractivity contribution in [1.82, 2.24) is 0 Å². The Morgan fingerprint density at radius 3 is 2.65 bits per heavy atom. The second-order valence-electron chi connectivity index (χ2n) is 4.35. The van der Waals surface area contributed by atoms with Crippen molar-refractivity contribution in [3.63, 3.8) is 0 Å². The molecule has 0 saturated carbocycles. The van der Waals surface area contributed by atoms with Crippen LogP contribution >= 0.6 is 0 Å². The SMILES string of the molecule is COC(=O)C(C)CS(=O)Cc1cc(C(N)=O)ccc1F. The van der Waals surface area contributed by atoms with E-state index in [2.05, 4.69) is 4.74 Å². The fraction of sp³-hybridized carbons (Fsp3) is 0.385. The highest BCUT2D eigenvalue weighted by atomic mass is 32.2. The number of hydrogen-bond donors (Lipinski definition) is 1. The lowest BCUT2D eigenvalue weighted by molar-refractivity contribution is -0.144. The summed E-state index contributed by atoms with van der Waals surface area (Å²) in [7, 11) is -0.200. The van der Waals surface area contributed by atoms with E-state index in [0.717, 1.165) is 6.07 Å². The number of rotatable bonds is 6. The van der Waals surface area contributed by atoms with Crippen LogP contribution in [0.3, 0.4) is 0 Å². The van der Waals surface area contributed by atoms with Crippen LogP contribution in [-0.4, -0.2) is 28.9 Å². The zero-order valence-electron chi connectivity index (χ0n) is 11.2. The van der Waals surface area contributed by atoms with Crippen molar-refractivity contribution in [3.05, 3.63) is 35.1 Å². The van der Waals surface area contributed by atoms with E-state index in [1.807, 2.05) is 0 Å². The lowest BCUT2D eigenvalue weighted by atomic mass is 10.1. The molecule has 0 fully saturated rings. The third-order valence-electron chi connectivity index (χ3n) is 2.69. The van der Waals surface area contributed by atoms with E-state index in [1.165, 1.54) is 19.2 Å². The fourth-order valence-corrected chi connectivity index (χ4v) is 3.00. The van der Waals surface area contributed by atoms with Crippen molar-refractivity contribution in [3.8, 4) is 0 Å². The van der Waals surface area contributed by atoms with Crippen LogP contribution in [0.5, 0.6) is 0 Å². The molecule has 0 aliphatic rings. The average molecular weight is 301 g/mol. The highest BCUT2D eigenvalue weighted by Gasteiger charge is 2.18. The molecule has 0 spiro atoms. The van der Waals surface area contributed by atoms with Crippen molar-refractivity contribution in [2.24, 2.45) is 11.7 Å². The second-order valence-corrected chi connectivity index (χ2v) is 5.85. The van der Waals surface area contributed by atoms with Gasteiger partial charge in [0, 0.05) is 27.7 Å². The number of ether oxygens (including phenoxy) is 1. The Morgan fingerprint density at radius 2 is 2.10 bits per heavy atom. The number of carbonyl (C=O) groups excluding carboxylic acids is 2. The van der Waals surface area contributed by atoms with Crippen LogP contribution in [0.1, 0.15) is 22.8 Å². The lowest BCUT2D eigenvalue weighted by Crippen LogP contribution is -2.20. The number of primary amides is 1. The van der Waals surface area contributed by atoms with Gasteiger partial charge in [0.25, 0.3) is 0 Å². The van der Waals surface area contributed by atoms with Gasteiger partial charge >= 0.3 is 5.97 Å². The van der Waals surface area contributed by atoms with Gasteiger partial charge in [0.15, 0.2) is 0 Å². The van der Waals surface area contributed by atoms with Gasteiger partial charge in [-0.1, -0.05) is 6.92 Å². The standard InChI is InChI=1S/C13H16FNO4S/c1-8(13(17)19-2)6-20(18)7-10-5-9(12(15)16)3-4-11(10)14/h3-5,8H,6-7H2,1-2H3,(H2,15,16). The van der Waals surface area contributed by atoms with Crippen LogP contribution in [0.15, 0.2) is 18.2 Å². The highest BCUT2D eigenvalue weighted by molar-refractivity contribution is 7.84. The van der Waals surface area contributed by atoms with Gasteiger partial charge in [-0.15, -0.1) is 0 Å². The van der Waals surface area contributed by atoms with Crippen molar-refractivity contribution in [1.29, 1.82) is 0 Å². The van der Waals surface area contributed by atoms with Gasteiger partial charge in [0.05, 0.1) is 18.8 Å². The van der Waals surface area contributed by atoms with Crippen LogP contribution in [0.25, 0.3) is 0 Å². The minimum absolute atomic E-state index is 0.0624. The minimum atomic E-state index is -1.45. The van der Waals surface area contributed by atoms with Gasteiger partial charge in [-0.3, -0.25) is 13.8 Å². The summed E-state index contributed by atoms with van der Waals surface area (Å²) >= 11 is 0. The van der Waals surface area contributed by atoms with Gasteiger partial charge in [-0.2, -0.15) is 0 Å². The number of hydrogen-bond acceptors (Lipinski definition) is 4. The number of methoxy groups -OCH3 is 1. The molecular weight excluding hydrogens is 285 g/mol. The van der Waals surface area contributed by atoms with Crippen molar-refractivity contribution in [2.75, 3.05) is 12.9 Å². The molecule has 2 unspecified atom stereocenters. The number of amides is 1. The quantitative estimate of drug-likeness (QED) is 0.794. The molecule has 0 radical (unpaired) electrons. The molecule has 0 aliphatic heterocycles. The normalized spacial score (nSPS) is 13.6. The van der Waals surface area contributed by atoms with Crippen LogP contribution in [-0.2, 0) is 26.1 Å². The number of esters is 1. The van der Waals surface area contributed by atoms with E-state index < -0.39 is 34.4 Å². The summed E-state index contributed by atoms with van der Waals surface area (Å²) in [4.78, 5) is 22.2. The molecule has 1 aromatic rings. The van der Waals surface area contributed by atoms with Crippen LogP contribution < -0.4 is 5.73 Å². The zero-order chi connectivity index (χ0) is 15.3. The van der Waals surface area contributed by atoms with Crippen LogP contribution in [0.2, 0.25) is 0 Å². The molecule has 1 rings (SSSR count). The fourth-order valence-electron chi connectivity index (χ4n) is 1.62. The Bertz CT molecular complexity index is 547. The highest BCUT2D eigenvalue weighted by Crippen LogP contribution is 2.14. The monoisotopic (exact) mass is 301 g/mol. The Kier molecular flexibility index (Phi) is 5.82. The van der Waals surface area contributed by atoms with Gasteiger partial charge in [0.1, 0.15) is 5.82 Å². The first-order valence-corrected chi connectivity index (χ1v) is 7.35. The summed E-state index contributed by atoms with van der Waals surface area (Å²) in [5, 5.41) is 0. The first-order valence-electron chi connectivity index (χ1n) is 5.86. The number of benzene rings is 1. The predicted octanol–water partition coefficient (Wildman–Crippen LogP) is 0.982. The van der Waals surface area contributed by atoms with Crippen molar-refractivity contribution in [2.45, 2.75) is 12.7 Å². The molecule has 5 nitrogen and oxygen atoms in total. The number of halogens is 1. The lowest BCUT2D eigenvalue weighted by Gasteiger charge is -2.09. The third-order valence-corrected chi connectivity index (χ3v) is 4.19. The summed E-state index contributed by atoms with van der Waals surface area (Å²) < 4.78 is 30.0. The molecule has 0 aliphatic carbocycles. The molecular formula is C13H16FNO4S. The Labute approximate surface area is 118 Å². The molecule has 0 heterocycles. The Hall–Kier alpha value is -1.76. The Morgan fingerprint density at radius 1 is 1.45 bits per heavy atom. The Balaban J connectivity index is 2.77. The van der Waals surface area contributed by atoms with E-state index >= 15 is 0 Å². The molecule has 20 heavy (non-hydrogen) atoms. The summed E-state index contributed by atoms with van der Waals surface area (Å²) in [6.45, 7) is 1.58. The number of nitrogens with two attached hydrogens (primary N) is 1. The van der Waals surface area contributed by atoms with E-state index in [9.17, 15) is 18.2 Å². The minimum Gasteiger partial charge on any atom is -0.469 e. The van der Waals surface area contributed by atoms with Gasteiger partial charge in [0.2, 0.25) is 5.91 Å². The topological polar surface area (TPSA) is 86.5 Å². The third kappa shape index (κ3) is 4.41. The van der Waals surface area contributed by atoms with Crippen molar-refractivity contribution < 1.29 is 22.9 Å². The van der Waals surface area contributed by atoms with Crippen LogP contribution in [0, 0.1) is 11.7 Å². The molecule has 0 aromatic heterocycles. The van der Waals surface area contributed by atoms with E-state index in [4.69, 9.17) is 5.73 Å².